The molecule has 0 radical (unpaired) electrons. The number of nitrogens with one attached hydrogen (secondary N) is 1. The molecule has 10 heteroatoms. The van der Waals surface area contributed by atoms with E-state index in [0.717, 1.165) is 35.5 Å². The molecule has 1 amide bonds. The minimum atomic E-state index is -4.88. The van der Waals surface area contributed by atoms with Gasteiger partial charge in [-0.2, -0.15) is 13.2 Å². The first-order valence-corrected chi connectivity index (χ1v) is 9.50. The summed E-state index contributed by atoms with van der Waals surface area (Å²) in [5.41, 5.74) is -0.0800. The number of nitrogens with zero attached hydrogens (tertiary/aromatic N) is 4. The first kappa shape index (κ1) is 22.3. The summed E-state index contributed by atoms with van der Waals surface area (Å²) in [6.07, 6.45) is -3.68. The number of carbonyl (C=O) groups is 1. The van der Waals surface area contributed by atoms with Crippen LogP contribution in [0.25, 0.3) is 5.69 Å². The highest BCUT2D eigenvalue weighted by molar-refractivity contribution is 5.93. The number of amides is 1. The van der Waals surface area contributed by atoms with E-state index in [-0.39, 0.29) is 12.2 Å². The van der Waals surface area contributed by atoms with Gasteiger partial charge in [0.05, 0.1) is 5.69 Å². The molecule has 0 aliphatic carbocycles. The summed E-state index contributed by atoms with van der Waals surface area (Å²) in [6.45, 7) is 0.176. The third-order valence-corrected chi connectivity index (χ3v) is 4.61. The number of benzene rings is 2. The molecule has 0 atom stereocenters. The molecule has 0 saturated heterocycles. The lowest BCUT2D eigenvalue weighted by Gasteiger charge is -2.13. The predicted octanol–water partition coefficient (Wildman–Crippen LogP) is 3.85. The maximum atomic E-state index is 13.6. The number of rotatable bonds is 7. The number of hydrogen-bond donors (Lipinski definition) is 1. The molecule has 0 aliphatic rings. The maximum Gasteiger partial charge on any atom is 0.435 e. The zero-order chi connectivity index (χ0) is 22.6. The van der Waals surface area contributed by atoms with E-state index in [2.05, 4.69) is 15.6 Å². The maximum absolute atomic E-state index is 13.6. The van der Waals surface area contributed by atoms with E-state index in [1.807, 2.05) is 43.3 Å². The molecule has 3 rings (SSSR count). The first-order valence-electron chi connectivity index (χ1n) is 9.50. The van der Waals surface area contributed by atoms with Crippen molar-refractivity contribution in [3.63, 3.8) is 0 Å². The van der Waals surface area contributed by atoms with Crippen LogP contribution in [0.5, 0.6) is 0 Å². The Bertz CT molecular complexity index is 1030. The van der Waals surface area contributed by atoms with Gasteiger partial charge in [0, 0.05) is 26.3 Å². The number of aryl methyl sites for hydroxylation is 1. The van der Waals surface area contributed by atoms with E-state index in [1.54, 1.807) is 0 Å². The van der Waals surface area contributed by atoms with E-state index < -0.39 is 29.3 Å². The lowest BCUT2D eigenvalue weighted by atomic mass is 10.1. The van der Waals surface area contributed by atoms with Crippen molar-refractivity contribution in [3.05, 3.63) is 71.3 Å². The highest BCUT2D eigenvalue weighted by atomic mass is 19.4. The summed E-state index contributed by atoms with van der Waals surface area (Å²) >= 11 is 0. The summed E-state index contributed by atoms with van der Waals surface area (Å²) in [7, 11) is 3.87. The van der Waals surface area contributed by atoms with Crippen molar-refractivity contribution in [2.24, 2.45) is 0 Å². The van der Waals surface area contributed by atoms with Crippen molar-refractivity contribution in [1.29, 1.82) is 0 Å². The summed E-state index contributed by atoms with van der Waals surface area (Å²) < 4.78 is 54.4. The lowest BCUT2D eigenvalue weighted by Crippen LogP contribution is -2.28. The van der Waals surface area contributed by atoms with Crippen molar-refractivity contribution >= 4 is 11.6 Å². The predicted molar refractivity (Wildman–Crippen MR) is 108 cm³/mol. The normalized spacial score (nSPS) is 11.4. The van der Waals surface area contributed by atoms with Gasteiger partial charge in [-0.1, -0.05) is 17.3 Å². The number of anilines is 1. The third kappa shape index (κ3) is 5.39. The van der Waals surface area contributed by atoms with E-state index in [9.17, 15) is 22.4 Å². The molecule has 1 N–H and O–H groups in total. The Balaban J connectivity index is 1.66. The topological polar surface area (TPSA) is 63.1 Å². The van der Waals surface area contributed by atoms with Gasteiger partial charge in [-0.05, 0) is 54.8 Å². The van der Waals surface area contributed by atoms with Crippen LogP contribution in [0.3, 0.4) is 0 Å². The van der Waals surface area contributed by atoms with Gasteiger partial charge in [0.1, 0.15) is 5.82 Å². The van der Waals surface area contributed by atoms with Gasteiger partial charge in [0.25, 0.3) is 5.91 Å². The van der Waals surface area contributed by atoms with Crippen molar-refractivity contribution in [1.82, 2.24) is 20.3 Å². The first-order chi connectivity index (χ1) is 14.7. The van der Waals surface area contributed by atoms with Gasteiger partial charge in [-0.15, -0.1) is 5.10 Å². The van der Waals surface area contributed by atoms with Crippen LogP contribution in [0.1, 0.15) is 28.2 Å². The number of alkyl halides is 3. The summed E-state index contributed by atoms with van der Waals surface area (Å²) in [6, 6.07) is 12.1. The number of halogens is 4. The van der Waals surface area contributed by atoms with Crippen LogP contribution < -0.4 is 10.2 Å². The second-order valence-corrected chi connectivity index (χ2v) is 7.09. The van der Waals surface area contributed by atoms with E-state index in [1.165, 1.54) is 0 Å². The molecular weight excluding hydrogens is 414 g/mol. The third-order valence-electron chi connectivity index (χ3n) is 4.61. The van der Waals surface area contributed by atoms with Gasteiger partial charge in [-0.25, -0.2) is 9.07 Å². The van der Waals surface area contributed by atoms with Crippen LogP contribution in [-0.2, 0) is 12.6 Å². The molecule has 0 unspecified atom stereocenters. The standard InChI is InChI=1S/C21H21F4N5O/c1-29(2)16-9-5-14(6-10-16)4-3-13-26-20(31)18-19(21(23,24)25)30(28-27-18)17-11-7-15(22)8-12-17/h5-12H,3-4,13H2,1-2H3,(H,26,31). The van der Waals surface area contributed by atoms with Gasteiger partial charge in [0.15, 0.2) is 11.4 Å². The average molecular weight is 435 g/mol. The average Bonchev–Trinajstić information content (AvgIpc) is 3.18. The van der Waals surface area contributed by atoms with Crippen LogP contribution in [0.15, 0.2) is 48.5 Å². The molecule has 164 valence electrons. The van der Waals surface area contributed by atoms with Crippen molar-refractivity contribution in [2.45, 2.75) is 19.0 Å². The fourth-order valence-corrected chi connectivity index (χ4v) is 2.99. The fourth-order valence-electron chi connectivity index (χ4n) is 2.99. The molecule has 0 aliphatic heterocycles. The molecule has 0 bridgehead atoms. The molecule has 1 aromatic heterocycles. The van der Waals surface area contributed by atoms with Crippen LogP contribution in [-0.4, -0.2) is 41.5 Å². The number of hydrogen-bond acceptors (Lipinski definition) is 4. The van der Waals surface area contributed by atoms with Gasteiger partial charge >= 0.3 is 6.18 Å². The Kier molecular flexibility index (Phi) is 6.57. The van der Waals surface area contributed by atoms with Gasteiger partial charge in [-0.3, -0.25) is 4.79 Å². The summed E-state index contributed by atoms with van der Waals surface area (Å²) in [5, 5.41) is 9.35. The van der Waals surface area contributed by atoms with E-state index in [4.69, 9.17) is 0 Å². The second-order valence-electron chi connectivity index (χ2n) is 7.09. The largest absolute Gasteiger partial charge is 0.435 e. The van der Waals surface area contributed by atoms with Gasteiger partial charge < -0.3 is 10.2 Å². The second kappa shape index (κ2) is 9.15. The van der Waals surface area contributed by atoms with Crippen molar-refractivity contribution in [2.75, 3.05) is 25.5 Å². The zero-order valence-electron chi connectivity index (χ0n) is 16.9. The van der Waals surface area contributed by atoms with Crippen molar-refractivity contribution in [3.8, 4) is 5.69 Å². The number of aromatic nitrogens is 3. The molecule has 2 aromatic carbocycles. The molecule has 0 fully saturated rings. The molecule has 0 saturated carbocycles. The molecular formula is C21H21F4N5O. The van der Waals surface area contributed by atoms with E-state index >= 15 is 0 Å². The van der Waals surface area contributed by atoms with Gasteiger partial charge in [0.2, 0.25) is 0 Å². The molecule has 0 spiro atoms. The quantitative estimate of drug-likeness (QED) is 0.452. The Labute approximate surface area is 176 Å². The minimum absolute atomic E-state index is 0.0542. The van der Waals surface area contributed by atoms with Crippen LogP contribution in [0, 0.1) is 5.82 Å². The minimum Gasteiger partial charge on any atom is -0.378 e. The highest BCUT2D eigenvalue weighted by Gasteiger charge is 2.41. The van der Waals surface area contributed by atoms with Crippen molar-refractivity contribution < 1.29 is 22.4 Å². The Morgan fingerprint density at radius 2 is 1.71 bits per heavy atom. The molecule has 6 nitrogen and oxygen atoms in total. The van der Waals surface area contributed by atoms with Crippen LogP contribution in [0.4, 0.5) is 23.2 Å². The number of carbonyl (C=O) groups excluding carboxylic acids is 1. The Morgan fingerprint density at radius 3 is 2.29 bits per heavy atom. The monoisotopic (exact) mass is 435 g/mol. The Morgan fingerprint density at radius 1 is 1.06 bits per heavy atom. The fraction of sp³-hybridized carbons (Fsp3) is 0.286. The molecule has 31 heavy (non-hydrogen) atoms. The Hall–Kier alpha value is -3.43. The zero-order valence-corrected chi connectivity index (χ0v) is 16.9. The SMILES string of the molecule is CN(C)c1ccc(CCCNC(=O)c2nnn(-c3ccc(F)cc3)c2C(F)(F)F)cc1. The molecule has 1 heterocycles. The van der Waals surface area contributed by atoms with E-state index in [0.29, 0.717) is 17.5 Å². The summed E-state index contributed by atoms with van der Waals surface area (Å²) in [4.78, 5) is 14.3. The summed E-state index contributed by atoms with van der Waals surface area (Å²) in [5.74, 6) is -1.57. The molecule has 3 aromatic rings. The smallest absolute Gasteiger partial charge is 0.378 e. The van der Waals surface area contributed by atoms with Crippen LogP contribution >= 0.6 is 0 Å². The lowest BCUT2D eigenvalue weighted by molar-refractivity contribution is -0.143. The van der Waals surface area contributed by atoms with Crippen LogP contribution in [0.2, 0.25) is 0 Å². The highest BCUT2D eigenvalue weighted by Crippen LogP contribution is 2.32.